The van der Waals surface area contributed by atoms with Crippen LogP contribution in [0, 0.1) is 0 Å². The predicted octanol–water partition coefficient (Wildman–Crippen LogP) is 3.43. The average Bonchev–Trinajstić information content (AvgIpc) is 2.08. The van der Waals surface area contributed by atoms with E-state index in [4.69, 9.17) is 0 Å². The van der Waals surface area contributed by atoms with Gasteiger partial charge in [-0.05, 0) is 5.56 Å². The molecule has 0 unspecified atom stereocenters. The van der Waals surface area contributed by atoms with Crippen LogP contribution in [0.1, 0.15) is 5.56 Å². The molecule has 0 saturated carbocycles. The zero-order valence-electron chi connectivity index (χ0n) is 6.33. The monoisotopic (exact) mass is 150 g/mol. The Morgan fingerprint density at radius 1 is 1.09 bits per heavy atom. The number of rotatable bonds is 1. The summed E-state index contributed by atoms with van der Waals surface area (Å²) in [5.74, 6) is 0. The van der Waals surface area contributed by atoms with E-state index in [0.29, 0.717) is 0 Å². The van der Waals surface area contributed by atoms with E-state index < -0.39 is 0 Å². The molecule has 11 heavy (non-hydrogen) atoms. The lowest BCUT2D eigenvalue weighted by Crippen LogP contribution is -1.63. The van der Waals surface area contributed by atoms with Crippen LogP contribution in [0.25, 0.3) is 6.08 Å². The van der Waals surface area contributed by atoms with Gasteiger partial charge < -0.3 is 0 Å². The lowest BCUT2D eigenvalue weighted by atomic mass is 10.2. The molecule has 0 aliphatic heterocycles. The molecule has 58 valence electrons. The second-order valence-electron chi connectivity index (χ2n) is 1.77. The molecule has 0 atom stereocenters. The van der Waals surface area contributed by atoms with Crippen molar-refractivity contribution in [1.82, 2.24) is 0 Å². The molecular formula is C10H11F. The first-order chi connectivity index (χ1) is 5.35. The van der Waals surface area contributed by atoms with Crippen LogP contribution in [0.3, 0.4) is 0 Å². The van der Waals surface area contributed by atoms with Gasteiger partial charge in [-0.15, -0.1) is 0 Å². The highest BCUT2D eigenvalue weighted by Gasteiger charge is 1.75. The Morgan fingerprint density at radius 3 is 1.82 bits per heavy atom. The van der Waals surface area contributed by atoms with Gasteiger partial charge in [-0.25, -0.2) is 4.39 Å². The van der Waals surface area contributed by atoms with Crippen molar-refractivity contribution in [2.45, 2.75) is 0 Å². The van der Waals surface area contributed by atoms with Gasteiger partial charge in [-0.1, -0.05) is 49.6 Å². The van der Waals surface area contributed by atoms with Crippen molar-refractivity contribution in [3.63, 3.8) is 0 Å². The Bertz CT molecular complexity index is 201. The average molecular weight is 150 g/mol. The number of benzene rings is 1. The predicted molar refractivity (Wildman–Crippen MR) is 47.8 cm³/mol. The molecule has 0 aliphatic carbocycles. The van der Waals surface area contributed by atoms with Crippen molar-refractivity contribution in [3.05, 3.63) is 55.4 Å². The summed E-state index contributed by atoms with van der Waals surface area (Å²) in [6.07, 6.45) is 2.08. The third-order valence-electron chi connectivity index (χ3n) is 1.04. The third kappa shape index (κ3) is 5.09. The van der Waals surface area contributed by atoms with Crippen molar-refractivity contribution in [3.8, 4) is 0 Å². The Labute approximate surface area is 66.7 Å². The first kappa shape index (κ1) is 9.63. The van der Waals surface area contributed by atoms with Crippen molar-refractivity contribution in [2.24, 2.45) is 0 Å². The van der Waals surface area contributed by atoms with Crippen LogP contribution in [0.4, 0.5) is 4.39 Å². The van der Waals surface area contributed by atoms with Gasteiger partial charge in [0.1, 0.15) is 0 Å². The maximum Gasteiger partial charge on any atom is 0.0795 e. The summed E-state index contributed by atoms with van der Waals surface area (Å²) in [5, 5.41) is 0. The fraction of sp³-hybridized carbons (Fsp3) is 0. The van der Waals surface area contributed by atoms with Crippen molar-refractivity contribution in [2.75, 3.05) is 0 Å². The molecule has 0 bridgehead atoms. The smallest absolute Gasteiger partial charge is 0.0795 e. The van der Waals surface area contributed by atoms with E-state index in [1.807, 2.05) is 36.4 Å². The lowest BCUT2D eigenvalue weighted by Gasteiger charge is -1.85. The minimum absolute atomic E-state index is 0.250. The van der Waals surface area contributed by atoms with Gasteiger partial charge in [-0.2, -0.15) is 0 Å². The van der Waals surface area contributed by atoms with Gasteiger partial charge in [-0.3, -0.25) is 0 Å². The van der Waals surface area contributed by atoms with Crippen LogP contribution < -0.4 is 0 Å². The number of hydrogen-bond acceptors (Lipinski definition) is 0. The van der Waals surface area contributed by atoms with Crippen molar-refractivity contribution < 1.29 is 4.39 Å². The Balaban J connectivity index is 0.000000292. The topological polar surface area (TPSA) is 0 Å². The largest absolute Gasteiger partial charge is 0.216 e. The van der Waals surface area contributed by atoms with Gasteiger partial charge in [0.05, 0.1) is 6.33 Å². The van der Waals surface area contributed by atoms with Gasteiger partial charge in [0.15, 0.2) is 0 Å². The molecule has 0 fully saturated rings. The number of hydrogen-bond donors (Lipinski definition) is 0. The van der Waals surface area contributed by atoms with Gasteiger partial charge in [0.25, 0.3) is 0 Å². The van der Waals surface area contributed by atoms with Crippen LogP contribution in [0.15, 0.2) is 49.8 Å². The molecule has 1 aromatic rings. The summed E-state index contributed by atoms with van der Waals surface area (Å²) in [7, 11) is 0. The number of halogens is 1. The molecule has 1 aromatic carbocycles. The zero-order chi connectivity index (χ0) is 8.53. The first-order valence-electron chi connectivity index (χ1n) is 3.23. The normalized spacial score (nSPS) is 7.36. The highest BCUT2D eigenvalue weighted by atomic mass is 19.1. The SMILES string of the molecule is C=CF.C=Cc1ccccc1. The highest BCUT2D eigenvalue weighted by Crippen LogP contribution is 1.97. The maximum absolute atomic E-state index is 10.1. The van der Waals surface area contributed by atoms with E-state index >= 15 is 0 Å². The van der Waals surface area contributed by atoms with E-state index in [1.165, 1.54) is 5.56 Å². The summed E-state index contributed by atoms with van der Waals surface area (Å²) in [4.78, 5) is 0. The van der Waals surface area contributed by atoms with Crippen LogP contribution >= 0.6 is 0 Å². The fourth-order valence-electron chi connectivity index (χ4n) is 0.589. The Kier molecular flexibility index (Phi) is 5.91. The second kappa shape index (κ2) is 6.75. The minimum Gasteiger partial charge on any atom is -0.216 e. The molecule has 0 N–H and O–H groups in total. The lowest BCUT2D eigenvalue weighted by molar-refractivity contribution is 0.725. The summed E-state index contributed by atoms with van der Waals surface area (Å²) in [6.45, 7) is 6.33. The van der Waals surface area contributed by atoms with E-state index in [1.54, 1.807) is 0 Å². The Hall–Kier alpha value is -1.37. The molecule has 0 aromatic heterocycles. The summed E-state index contributed by atoms with van der Waals surface area (Å²) in [5.41, 5.74) is 1.17. The molecule has 0 radical (unpaired) electrons. The van der Waals surface area contributed by atoms with E-state index in [9.17, 15) is 4.39 Å². The highest BCUT2D eigenvalue weighted by molar-refractivity contribution is 5.45. The quantitative estimate of drug-likeness (QED) is 0.575. The van der Waals surface area contributed by atoms with Crippen molar-refractivity contribution in [1.29, 1.82) is 0 Å². The standard InChI is InChI=1S/C8H8.C2H3F/c1-2-8-6-4-3-5-7-8;1-2-3/h2-7H,1H2;2H,1H2. The molecular weight excluding hydrogens is 139 g/mol. The molecule has 0 nitrogen and oxygen atoms in total. The maximum atomic E-state index is 10.1. The molecule has 0 aliphatic rings. The molecule has 1 rings (SSSR count). The summed E-state index contributed by atoms with van der Waals surface area (Å²) >= 11 is 0. The van der Waals surface area contributed by atoms with E-state index in [-0.39, 0.29) is 6.33 Å². The van der Waals surface area contributed by atoms with Gasteiger partial charge in [0, 0.05) is 0 Å². The van der Waals surface area contributed by atoms with Crippen LogP contribution in [-0.2, 0) is 0 Å². The summed E-state index contributed by atoms with van der Waals surface area (Å²) in [6, 6.07) is 10.0. The minimum atomic E-state index is 0.250. The summed E-state index contributed by atoms with van der Waals surface area (Å²) < 4.78 is 10.1. The second-order valence-corrected chi connectivity index (χ2v) is 1.77. The van der Waals surface area contributed by atoms with E-state index in [0.717, 1.165) is 0 Å². The first-order valence-corrected chi connectivity index (χ1v) is 3.23. The fourth-order valence-corrected chi connectivity index (χ4v) is 0.589. The molecule has 0 saturated heterocycles. The van der Waals surface area contributed by atoms with Gasteiger partial charge >= 0.3 is 0 Å². The van der Waals surface area contributed by atoms with Gasteiger partial charge in [0.2, 0.25) is 0 Å². The Morgan fingerprint density at radius 2 is 1.55 bits per heavy atom. The molecule has 0 heterocycles. The molecule has 1 heteroatoms. The van der Waals surface area contributed by atoms with Crippen molar-refractivity contribution >= 4 is 6.08 Å². The molecule has 0 amide bonds. The zero-order valence-corrected chi connectivity index (χ0v) is 6.33. The van der Waals surface area contributed by atoms with E-state index in [2.05, 4.69) is 13.2 Å². The molecule has 0 spiro atoms. The van der Waals surface area contributed by atoms with Crippen LogP contribution in [0.2, 0.25) is 0 Å². The van der Waals surface area contributed by atoms with Crippen LogP contribution in [0.5, 0.6) is 0 Å². The third-order valence-corrected chi connectivity index (χ3v) is 1.04. The van der Waals surface area contributed by atoms with Crippen LogP contribution in [-0.4, -0.2) is 0 Å².